The van der Waals surface area contributed by atoms with Crippen molar-refractivity contribution in [2.24, 2.45) is 11.3 Å². The summed E-state index contributed by atoms with van der Waals surface area (Å²) >= 11 is 0. The van der Waals surface area contributed by atoms with Crippen molar-refractivity contribution >= 4 is 25.6 Å². The topological polar surface area (TPSA) is 48.0 Å². The lowest BCUT2D eigenvalue weighted by molar-refractivity contribution is -0.103. The van der Waals surface area contributed by atoms with E-state index >= 15 is 0 Å². The molecule has 0 aromatic heterocycles. The fourth-order valence-corrected chi connectivity index (χ4v) is 4.97. The van der Waals surface area contributed by atoms with Crippen molar-refractivity contribution < 1.29 is 18.4 Å². The van der Waals surface area contributed by atoms with Crippen LogP contribution < -0.4 is 0 Å². The predicted octanol–water partition coefficient (Wildman–Crippen LogP) is 2.28. The number of carbonyl (C=O) groups is 1. The maximum absolute atomic E-state index is 12.4. The highest BCUT2D eigenvalue weighted by molar-refractivity contribution is 6.26. The average molecular weight is 362 g/mol. The van der Waals surface area contributed by atoms with E-state index in [1.54, 1.807) is 0 Å². The van der Waals surface area contributed by atoms with Crippen LogP contribution in [-0.4, -0.2) is 55.0 Å². The summed E-state index contributed by atoms with van der Waals surface area (Å²) in [6, 6.07) is 0.188. The summed E-state index contributed by atoms with van der Waals surface area (Å²) in [6.45, 7) is 17.2. The first-order valence-electron chi connectivity index (χ1n) is 8.75. The molecule has 1 aliphatic rings. The second-order valence-electron chi connectivity index (χ2n) is 7.98. The molecule has 0 aromatic rings. The molecule has 0 aliphatic carbocycles. The van der Waals surface area contributed by atoms with Crippen LogP contribution in [0.5, 0.6) is 0 Å². The van der Waals surface area contributed by atoms with Crippen molar-refractivity contribution in [1.29, 1.82) is 0 Å². The molecule has 0 radical (unpaired) electrons. The second-order valence-corrected chi connectivity index (χ2v) is 9.80. The van der Waals surface area contributed by atoms with Gasteiger partial charge >= 0.3 is 6.09 Å². The zero-order chi connectivity index (χ0) is 17.8. The number of ether oxygens (including phenoxy) is 1. The van der Waals surface area contributed by atoms with Gasteiger partial charge in [0, 0.05) is 18.0 Å². The molecule has 136 valence electrons. The van der Waals surface area contributed by atoms with Crippen molar-refractivity contribution in [2.45, 2.75) is 79.0 Å². The average Bonchev–Trinajstić information content (AvgIpc) is 2.79. The monoisotopic (exact) mass is 361 g/mol. The highest BCUT2D eigenvalue weighted by Gasteiger charge is 2.46. The van der Waals surface area contributed by atoms with Crippen molar-refractivity contribution in [2.75, 3.05) is 6.54 Å². The van der Waals surface area contributed by atoms with Crippen LogP contribution in [0.25, 0.3) is 0 Å². The van der Waals surface area contributed by atoms with Crippen molar-refractivity contribution in [3.05, 3.63) is 0 Å². The quantitative estimate of drug-likeness (QED) is 0.538. The maximum atomic E-state index is 12.4. The third-order valence-electron chi connectivity index (χ3n) is 4.50. The summed E-state index contributed by atoms with van der Waals surface area (Å²) in [5, 5.41) is 0. The minimum Gasteiger partial charge on any atom is -0.444 e. The fourth-order valence-electron chi connectivity index (χ4n) is 3.12. The van der Waals surface area contributed by atoms with Gasteiger partial charge in [-0.2, -0.15) is 0 Å². The van der Waals surface area contributed by atoms with Crippen LogP contribution >= 0.6 is 0 Å². The van der Waals surface area contributed by atoms with Crippen molar-refractivity contribution in [1.82, 2.24) is 4.90 Å². The van der Waals surface area contributed by atoms with Gasteiger partial charge in [0.25, 0.3) is 0 Å². The Labute approximate surface area is 146 Å². The minimum atomic E-state index is -0.533. The van der Waals surface area contributed by atoms with Gasteiger partial charge in [-0.3, -0.25) is 0 Å². The lowest BCUT2D eigenvalue weighted by Crippen LogP contribution is -2.43. The molecule has 0 N–H and O–H groups in total. The molecule has 0 saturated carbocycles. The van der Waals surface area contributed by atoms with Crippen LogP contribution in [0.4, 0.5) is 4.79 Å². The predicted molar refractivity (Wildman–Crippen MR) is 99.1 cm³/mol. The second kappa shape index (κ2) is 8.14. The zero-order valence-corrected chi connectivity index (χ0v) is 19.0. The Morgan fingerprint density at radius 3 is 2.09 bits per heavy atom. The lowest BCUT2D eigenvalue weighted by Gasteiger charge is -2.39. The normalized spacial score (nSPS) is 25.0. The zero-order valence-electron chi connectivity index (χ0n) is 16.1. The molecule has 2 atom stereocenters. The molecular weight excluding hydrogens is 326 g/mol. The number of likely N-dealkylation sites (tertiary alicyclic amines) is 1. The van der Waals surface area contributed by atoms with Crippen LogP contribution in [-0.2, 0) is 13.6 Å². The van der Waals surface area contributed by atoms with Crippen LogP contribution in [0.1, 0.15) is 48.0 Å². The van der Waals surface area contributed by atoms with Gasteiger partial charge in [0.2, 0.25) is 0 Å². The van der Waals surface area contributed by atoms with E-state index in [1.165, 1.54) is 0 Å². The molecule has 1 fully saturated rings. The molecule has 1 amide bonds. The van der Waals surface area contributed by atoms with Gasteiger partial charge in [-0.1, -0.05) is 26.9 Å². The first-order valence-corrected chi connectivity index (χ1v) is 12.7. The third-order valence-corrected chi connectivity index (χ3v) is 5.77. The Kier molecular flexibility index (Phi) is 7.31. The van der Waals surface area contributed by atoms with Gasteiger partial charge in [-0.05, 0) is 40.0 Å². The highest BCUT2D eigenvalue weighted by atomic mass is 28.2. The number of rotatable bonds is 6. The largest absolute Gasteiger partial charge is 0.444 e. The van der Waals surface area contributed by atoms with E-state index in [0.29, 0.717) is 12.5 Å². The smallest absolute Gasteiger partial charge is 0.410 e. The Hall–Kier alpha value is -0.376. The third kappa shape index (κ3) is 5.58. The molecule has 1 saturated heterocycles. The van der Waals surface area contributed by atoms with Crippen LogP contribution in [0.2, 0.25) is 13.1 Å². The Morgan fingerprint density at radius 1 is 1.13 bits per heavy atom. The van der Waals surface area contributed by atoms with Gasteiger partial charge in [0.15, 0.2) is 19.5 Å². The van der Waals surface area contributed by atoms with E-state index in [0.717, 1.165) is 6.42 Å². The molecule has 5 nitrogen and oxygen atoms in total. The van der Waals surface area contributed by atoms with Gasteiger partial charge in [-0.15, -0.1) is 0 Å². The number of hydrogen-bond donors (Lipinski definition) is 0. The molecular formula is C16H35NO4Si2. The van der Waals surface area contributed by atoms with Gasteiger partial charge in [0.05, 0.1) is 0 Å². The Balaban J connectivity index is 2.81. The van der Waals surface area contributed by atoms with E-state index in [4.69, 9.17) is 13.6 Å². The number of nitrogens with zero attached hydrogens (tertiary/aromatic N) is 1. The van der Waals surface area contributed by atoms with E-state index in [1.807, 2.05) is 25.7 Å². The number of amides is 1. The molecule has 23 heavy (non-hydrogen) atoms. The Bertz CT molecular complexity index is 392. The summed E-state index contributed by atoms with van der Waals surface area (Å²) in [4.78, 5) is 14.3. The fraction of sp³-hybridized carbons (Fsp3) is 0.938. The molecule has 0 aromatic carbocycles. The van der Waals surface area contributed by atoms with E-state index < -0.39 is 25.1 Å². The summed E-state index contributed by atoms with van der Waals surface area (Å²) in [5.74, 6) is 0.358. The number of carbonyl (C=O) groups excluding carboxylic acids is 1. The summed E-state index contributed by atoms with van der Waals surface area (Å²) in [5.41, 5.74) is -0.558. The molecule has 0 bridgehead atoms. The molecule has 0 unspecified atom stereocenters. The summed E-state index contributed by atoms with van der Waals surface area (Å²) < 4.78 is 17.5. The SMILES string of the molecule is C[SiH2]OC(O[SiH2]C)C(C)(C)[C@H]1C[C@@H](C)N(C(=O)OC(C)(C)C)C1. The molecule has 1 aliphatic heterocycles. The first kappa shape index (κ1) is 20.7. The minimum absolute atomic E-state index is 0.100. The van der Waals surface area contributed by atoms with Crippen molar-refractivity contribution in [3.8, 4) is 0 Å². The van der Waals surface area contributed by atoms with Crippen LogP contribution in [0.15, 0.2) is 0 Å². The first-order chi connectivity index (χ1) is 10.5. The van der Waals surface area contributed by atoms with Crippen LogP contribution in [0.3, 0.4) is 0 Å². The molecule has 1 rings (SSSR count). The van der Waals surface area contributed by atoms with E-state index in [2.05, 4.69) is 33.9 Å². The molecule has 7 heteroatoms. The molecule has 0 spiro atoms. The number of hydrogen-bond acceptors (Lipinski definition) is 4. The highest BCUT2D eigenvalue weighted by Crippen LogP contribution is 2.41. The van der Waals surface area contributed by atoms with Crippen molar-refractivity contribution in [3.63, 3.8) is 0 Å². The maximum Gasteiger partial charge on any atom is 0.410 e. The van der Waals surface area contributed by atoms with Gasteiger partial charge < -0.3 is 18.5 Å². The van der Waals surface area contributed by atoms with Gasteiger partial charge in [-0.25, -0.2) is 4.79 Å². The lowest BCUT2D eigenvalue weighted by atomic mass is 9.77. The molecule has 1 heterocycles. The van der Waals surface area contributed by atoms with E-state index in [9.17, 15) is 4.79 Å². The van der Waals surface area contributed by atoms with Crippen LogP contribution in [0, 0.1) is 11.3 Å². The van der Waals surface area contributed by atoms with Gasteiger partial charge in [0.1, 0.15) is 11.9 Å². The Morgan fingerprint density at radius 2 is 1.65 bits per heavy atom. The standard InChI is InChI=1S/C16H35NO4Si2/c1-11-9-12(10-17(11)14(18)19-15(2,3)4)16(5,6)13(20-22-7)21-23-8/h11-13H,9-10,22-23H2,1-8H3/t11-,12+/m1/s1. The van der Waals surface area contributed by atoms with E-state index in [-0.39, 0.29) is 23.8 Å². The summed E-state index contributed by atoms with van der Waals surface area (Å²) in [7, 11) is -1.07. The summed E-state index contributed by atoms with van der Waals surface area (Å²) in [6.07, 6.45) is 0.620.